The zero-order valence-electron chi connectivity index (χ0n) is 19.9. The van der Waals surface area contributed by atoms with Crippen LogP contribution in [-0.4, -0.2) is 34.8 Å². The molecule has 3 aromatic rings. The number of amides is 1. The van der Waals surface area contributed by atoms with Gasteiger partial charge < -0.3 is 19.7 Å². The Hall–Kier alpha value is -3.61. The molecule has 0 fully saturated rings. The van der Waals surface area contributed by atoms with Crippen LogP contribution in [-0.2, 0) is 16.0 Å². The second kappa shape index (κ2) is 11.5. The van der Waals surface area contributed by atoms with Crippen LogP contribution in [0, 0.1) is 5.41 Å². The number of benzene rings is 2. The normalized spacial score (nSPS) is 12.2. The molecular weight excluding hydrogens is 432 g/mol. The van der Waals surface area contributed by atoms with Gasteiger partial charge in [-0.3, -0.25) is 9.59 Å². The first kappa shape index (κ1) is 25.0. The molecule has 0 bridgehead atoms. The third-order valence-electron chi connectivity index (χ3n) is 5.64. The average Bonchev–Trinajstić information content (AvgIpc) is 3.26. The van der Waals surface area contributed by atoms with E-state index in [4.69, 9.17) is 9.26 Å². The number of esters is 1. The van der Waals surface area contributed by atoms with Crippen molar-refractivity contribution in [3.05, 3.63) is 72.0 Å². The molecule has 2 aromatic carbocycles. The fourth-order valence-electron chi connectivity index (χ4n) is 3.76. The van der Waals surface area contributed by atoms with Gasteiger partial charge in [0.2, 0.25) is 5.76 Å². The highest BCUT2D eigenvalue weighted by Crippen LogP contribution is 2.27. The first-order valence-corrected chi connectivity index (χ1v) is 11.6. The zero-order chi connectivity index (χ0) is 24.6. The van der Waals surface area contributed by atoms with Gasteiger partial charge in [-0.05, 0) is 55.0 Å². The smallest absolute Gasteiger partial charge is 0.311 e. The number of nitrogens with one attached hydrogen (secondary N) is 1. The minimum Gasteiger partial charge on any atom is -0.491 e. The molecule has 1 amide bonds. The van der Waals surface area contributed by atoms with E-state index in [2.05, 4.69) is 22.6 Å². The number of hydrogen-bond acceptors (Lipinski definition) is 6. The highest BCUT2D eigenvalue weighted by atomic mass is 16.5. The van der Waals surface area contributed by atoms with Crippen molar-refractivity contribution in [3.63, 3.8) is 0 Å². The summed E-state index contributed by atoms with van der Waals surface area (Å²) in [6, 6.07) is 19.0. The number of rotatable bonds is 11. The third kappa shape index (κ3) is 6.94. The van der Waals surface area contributed by atoms with Gasteiger partial charge in [0, 0.05) is 6.04 Å². The fraction of sp³-hybridized carbons (Fsp3) is 0.370. The molecule has 0 aliphatic rings. The minimum atomic E-state index is -0.806. The Morgan fingerprint density at radius 3 is 2.38 bits per heavy atom. The molecule has 2 N–H and O–H groups in total. The number of hydrogen-bond donors (Lipinski definition) is 2. The second-order valence-corrected chi connectivity index (χ2v) is 9.06. The second-order valence-electron chi connectivity index (χ2n) is 9.06. The quantitative estimate of drug-likeness (QED) is 0.301. The maximum absolute atomic E-state index is 12.7. The van der Waals surface area contributed by atoms with E-state index in [1.165, 1.54) is 0 Å². The molecule has 0 aliphatic heterocycles. The molecule has 0 spiro atoms. The lowest BCUT2D eigenvalue weighted by Crippen LogP contribution is -2.42. The van der Waals surface area contributed by atoms with E-state index in [9.17, 15) is 14.7 Å². The molecule has 7 heteroatoms. The maximum atomic E-state index is 12.7. The van der Waals surface area contributed by atoms with Crippen molar-refractivity contribution >= 4 is 11.9 Å². The molecule has 0 unspecified atom stereocenters. The van der Waals surface area contributed by atoms with E-state index in [-0.39, 0.29) is 23.7 Å². The predicted molar refractivity (Wildman–Crippen MR) is 129 cm³/mol. The molecule has 7 nitrogen and oxygen atoms in total. The van der Waals surface area contributed by atoms with Gasteiger partial charge in [-0.1, -0.05) is 67.9 Å². The molecule has 0 aliphatic carbocycles. The van der Waals surface area contributed by atoms with Gasteiger partial charge in [0.05, 0.1) is 18.1 Å². The van der Waals surface area contributed by atoms with Crippen LogP contribution in [0.5, 0.6) is 5.88 Å². The summed E-state index contributed by atoms with van der Waals surface area (Å²) in [5.74, 6) is -1.26. The molecule has 3 rings (SSSR count). The van der Waals surface area contributed by atoms with Gasteiger partial charge in [-0.2, -0.15) is 0 Å². The highest BCUT2D eigenvalue weighted by molar-refractivity contribution is 5.91. The van der Waals surface area contributed by atoms with Crippen LogP contribution in [0.2, 0.25) is 0 Å². The van der Waals surface area contributed by atoms with Crippen molar-refractivity contribution in [1.29, 1.82) is 0 Å². The van der Waals surface area contributed by atoms with E-state index >= 15 is 0 Å². The Kier molecular flexibility index (Phi) is 8.46. The van der Waals surface area contributed by atoms with E-state index in [1.807, 2.05) is 63.2 Å². The predicted octanol–water partition coefficient (Wildman–Crippen LogP) is 5.15. The zero-order valence-corrected chi connectivity index (χ0v) is 19.9. The summed E-state index contributed by atoms with van der Waals surface area (Å²) in [6.45, 7) is 6.06. The Morgan fingerprint density at radius 2 is 1.76 bits per heavy atom. The van der Waals surface area contributed by atoms with Crippen molar-refractivity contribution < 1.29 is 24.0 Å². The van der Waals surface area contributed by atoms with Gasteiger partial charge in [-0.25, -0.2) is 0 Å². The molecule has 1 heterocycles. The van der Waals surface area contributed by atoms with Gasteiger partial charge in [0.15, 0.2) is 0 Å². The molecule has 34 heavy (non-hydrogen) atoms. The molecule has 1 atom stereocenters. The van der Waals surface area contributed by atoms with Crippen molar-refractivity contribution in [2.45, 2.75) is 52.5 Å². The van der Waals surface area contributed by atoms with Gasteiger partial charge in [0.25, 0.3) is 11.8 Å². The SMILES string of the molecule is CCCCOC(=O)C(C)(C)C[C@@H](Cc1ccc(-c2ccccc2)cc1)NC(=O)c1cc(O)no1. The van der Waals surface area contributed by atoms with Crippen molar-refractivity contribution in [2.24, 2.45) is 5.41 Å². The number of aromatic hydroxyl groups is 1. The molecule has 1 aromatic heterocycles. The van der Waals surface area contributed by atoms with E-state index < -0.39 is 11.3 Å². The number of carbonyl (C=O) groups excluding carboxylic acids is 2. The van der Waals surface area contributed by atoms with Crippen molar-refractivity contribution in [1.82, 2.24) is 10.5 Å². The summed E-state index contributed by atoms with van der Waals surface area (Å²) >= 11 is 0. The third-order valence-corrected chi connectivity index (χ3v) is 5.64. The monoisotopic (exact) mass is 464 g/mol. The minimum absolute atomic E-state index is 0.0924. The van der Waals surface area contributed by atoms with Crippen LogP contribution in [0.15, 0.2) is 65.2 Å². The molecule has 180 valence electrons. The van der Waals surface area contributed by atoms with Crippen LogP contribution in [0.4, 0.5) is 0 Å². The highest BCUT2D eigenvalue weighted by Gasteiger charge is 2.33. The van der Waals surface area contributed by atoms with Crippen molar-refractivity contribution in [3.8, 4) is 17.0 Å². The summed E-state index contributed by atoms with van der Waals surface area (Å²) in [5.41, 5.74) is 2.43. The summed E-state index contributed by atoms with van der Waals surface area (Å²) in [7, 11) is 0. The molecule has 0 radical (unpaired) electrons. The van der Waals surface area contributed by atoms with E-state index in [1.54, 1.807) is 0 Å². The Morgan fingerprint density at radius 1 is 1.09 bits per heavy atom. The van der Waals surface area contributed by atoms with Gasteiger partial charge in [0.1, 0.15) is 0 Å². The fourth-order valence-corrected chi connectivity index (χ4v) is 3.76. The van der Waals surface area contributed by atoms with Crippen molar-refractivity contribution in [2.75, 3.05) is 6.61 Å². The van der Waals surface area contributed by atoms with Crippen LogP contribution in [0.3, 0.4) is 0 Å². The topological polar surface area (TPSA) is 102 Å². The van der Waals surface area contributed by atoms with E-state index in [0.717, 1.165) is 35.6 Å². The Balaban J connectivity index is 1.75. The number of carbonyl (C=O) groups is 2. The number of aromatic nitrogens is 1. The average molecular weight is 465 g/mol. The van der Waals surface area contributed by atoms with Crippen LogP contribution in [0.25, 0.3) is 11.1 Å². The number of nitrogens with zero attached hydrogens (tertiary/aromatic N) is 1. The van der Waals surface area contributed by atoms with E-state index in [0.29, 0.717) is 19.4 Å². The summed E-state index contributed by atoms with van der Waals surface area (Å²) in [5, 5.41) is 15.7. The summed E-state index contributed by atoms with van der Waals surface area (Å²) in [6.07, 6.45) is 2.62. The first-order valence-electron chi connectivity index (χ1n) is 11.6. The lowest BCUT2D eigenvalue weighted by Gasteiger charge is -2.28. The number of ether oxygens (including phenoxy) is 1. The van der Waals surface area contributed by atoms with Crippen LogP contribution in [0.1, 0.15) is 56.2 Å². The molecular formula is C27H32N2O5. The number of unbranched alkanes of at least 4 members (excludes halogenated alkanes) is 1. The van der Waals surface area contributed by atoms with Crippen LogP contribution >= 0.6 is 0 Å². The largest absolute Gasteiger partial charge is 0.491 e. The Labute approximate surface area is 200 Å². The van der Waals surface area contributed by atoms with Crippen LogP contribution < -0.4 is 5.32 Å². The lowest BCUT2D eigenvalue weighted by atomic mass is 9.83. The lowest BCUT2D eigenvalue weighted by molar-refractivity contribution is -0.154. The molecule has 0 saturated carbocycles. The maximum Gasteiger partial charge on any atom is 0.311 e. The van der Waals surface area contributed by atoms with Gasteiger partial charge >= 0.3 is 5.97 Å². The summed E-state index contributed by atoms with van der Waals surface area (Å²) in [4.78, 5) is 25.4. The first-order chi connectivity index (χ1) is 16.3. The molecule has 0 saturated heterocycles. The standard InChI is InChI=1S/C27H32N2O5/c1-4-5-15-33-26(32)27(2,3)18-22(28-25(31)23-17-24(30)29-34-23)16-19-11-13-21(14-12-19)20-9-7-6-8-10-20/h6-14,17,22H,4-5,15-16,18H2,1-3H3,(H,28,31)(H,29,30)/t22-/m1/s1. The summed E-state index contributed by atoms with van der Waals surface area (Å²) < 4.78 is 10.3. The van der Waals surface area contributed by atoms with Gasteiger partial charge in [-0.15, -0.1) is 0 Å². The Bertz CT molecular complexity index is 1070.